The predicted octanol–water partition coefficient (Wildman–Crippen LogP) is 1.11. The number of nitrogens with one attached hydrogen (secondary N) is 1. The molecule has 1 aromatic rings. The van der Waals surface area contributed by atoms with Crippen molar-refractivity contribution in [2.24, 2.45) is 0 Å². The van der Waals surface area contributed by atoms with E-state index in [4.69, 9.17) is 11.5 Å². The Bertz CT molecular complexity index is 505. The fourth-order valence-electron chi connectivity index (χ4n) is 1.64. The van der Waals surface area contributed by atoms with E-state index in [1.165, 1.54) is 0 Å². The highest BCUT2D eigenvalue weighted by molar-refractivity contribution is 5.84. The number of nitrogen functional groups attached to an aromatic ring is 2. The number of ketones is 1. The van der Waals surface area contributed by atoms with Gasteiger partial charge in [-0.25, -0.2) is 0 Å². The molecule has 0 amide bonds. The molecule has 110 valence electrons. The Morgan fingerprint density at radius 1 is 1.35 bits per heavy atom. The van der Waals surface area contributed by atoms with Crippen LogP contribution in [0.5, 0.6) is 0 Å². The van der Waals surface area contributed by atoms with Gasteiger partial charge in [0.05, 0.1) is 11.5 Å². The maximum atomic E-state index is 11.6. The lowest BCUT2D eigenvalue weighted by Gasteiger charge is -2.07. The van der Waals surface area contributed by atoms with Crippen LogP contribution in [0.4, 0.5) is 23.3 Å². The second-order valence-corrected chi connectivity index (χ2v) is 4.27. The zero-order valence-corrected chi connectivity index (χ0v) is 11.3. The third-order valence-corrected chi connectivity index (χ3v) is 2.62. The molecule has 0 bridgehead atoms. The van der Waals surface area contributed by atoms with Crippen LogP contribution in [0, 0.1) is 10.1 Å². The number of nitrogens with two attached hydrogens (primary N) is 2. The van der Waals surface area contributed by atoms with E-state index < -0.39 is 10.6 Å². The number of Topliss-reactive ketones (excluding diaryl/α,β-unsaturated/α-hetero) is 1. The van der Waals surface area contributed by atoms with Gasteiger partial charge in [0.1, 0.15) is 0 Å². The summed E-state index contributed by atoms with van der Waals surface area (Å²) in [5, 5.41) is 13.5. The standard InChI is InChI=1S/C11H18N6O3/c1-2-3-4-5-7(18)6-14-10-8(17(19)20)9(12)15-11(13)16-10/h2-6H2,1H3,(H5,12,13,14,15,16). The van der Waals surface area contributed by atoms with Crippen LogP contribution >= 0.6 is 0 Å². The predicted molar refractivity (Wildman–Crippen MR) is 75.1 cm³/mol. The number of nitrogens with zero attached hydrogens (tertiary/aromatic N) is 3. The first-order chi connectivity index (χ1) is 9.45. The largest absolute Gasteiger partial charge is 0.378 e. The number of hydrogen-bond donors (Lipinski definition) is 3. The van der Waals surface area contributed by atoms with Crippen LogP contribution < -0.4 is 16.8 Å². The number of hydrogen-bond acceptors (Lipinski definition) is 8. The van der Waals surface area contributed by atoms with Gasteiger partial charge in [0.25, 0.3) is 0 Å². The van der Waals surface area contributed by atoms with Gasteiger partial charge in [-0.05, 0) is 6.42 Å². The monoisotopic (exact) mass is 282 g/mol. The Morgan fingerprint density at radius 3 is 2.65 bits per heavy atom. The summed E-state index contributed by atoms with van der Waals surface area (Å²) >= 11 is 0. The van der Waals surface area contributed by atoms with Crippen molar-refractivity contribution < 1.29 is 9.72 Å². The number of carbonyl (C=O) groups is 1. The molecule has 0 unspecified atom stereocenters. The van der Waals surface area contributed by atoms with Gasteiger partial charge >= 0.3 is 5.69 Å². The van der Waals surface area contributed by atoms with Crippen LogP contribution in [0.1, 0.15) is 32.6 Å². The maximum Gasteiger partial charge on any atom is 0.353 e. The van der Waals surface area contributed by atoms with Crippen molar-refractivity contribution in [2.75, 3.05) is 23.3 Å². The van der Waals surface area contributed by atoms with Crippen LogP contribution in [0.2, 0.25) is 0 Å². The fourth-order valence-corrected chi connectivity index (χ4v) is 1.64. The van der Waals surface area contributed by atoms with Crippen LogP contribution in [0.25, 0.3) is 0 Å². The first-order valence-electron chi connectivity index (χ1n) is 6.28. The minimum Gasteiger partial charge on any atom is -0.378 e. The SMILES string of the molecule is CCCCCC(=O)CNc1nc(N)nc(N)c1[N+](=O)[O-]. The summed E-state index contributed by atoms with van der Waals surface area (Å²) in [5.41, 5.74) is 10.3. The average molecular weight is 282 g/mol. The molecule has 0 aliphatic heterocycles. The van der Waals surface area contributed by atoms with Crippen LogP contribution in [0.15, 0.2) is 0 Å². The molecule has 0 aliphatic rings. The molecule has 5 N–H and O–H groups in total. The van der Waals surface area contributed by atoms with Gasteiger partial charge in [-0.3, -0.25) is 14.9 Å². The highest BCUT2D eigenvalue weighted by Gasteiger charge is 2.22. The van der Waals surface area contributed by atoms with Gasteiger partial charge in [0.15, 0.2) is 5.78 Å². The molecule has 9 nitrogen and oxygen atoms in total. The van der Waals surface area contributed by atoms with Crippen LogP contribution in [0.3, 0.4) is 0 Å². The summed E-state index contributed by atoms with van der Waals surface area (Å²) in [7, 11) is 0. The lowest BCUT2D eigenvalue weighted by atomic mass is 10.1. The van der Waals surface area contributed by atoms with Crippen molar-refractivity contribution in [1.29, 1.82) is 0 Å². The Labute approximate surface area is 115 Å². The molecule has 1 aromatic heterocycles. The maximum absolute atomic E-state index is 11.6. The molecule has 0 fully saturated rings. The lowest BCUT2D eigenvalue weighted by Crippen LogP contribution is -2.17. The van der Waals surface area contributed by atoms with Gasteiger partial charge in [0.2, 0.25) is 17.6 Å². The number of nitro groups is 1. The average Bonchev–Trinajstić information content (AvgIpc) is 2.35. The highest BCUT2D eigenvalue weighted by Crippen LogP contribution is 2.27. The number of carbonyl (C=O) groups excluding carboxylic acids is 1. The topological polar surface area (TPSA) is 150 Å². The molecular weight excluding hydrogens is 264 g/mol. The third kappa shape index (κ3) is 4.34. The molecule has 9 heteroatoms. The smallest absolute Gasteiger partial charge is 0.353 e. The van der Waals surface area contributed by atoms with Crippen molar-refractivity contribution in [3.63, 3.8) is 0 Å². The molecule has 1 rings (SSSR count). The minimum atomic E-state index is -0.710. The number of anilines is 3. The molecule has 20 heavy (non-hydrogen) atoms. The molecule has 0 saturated carbocycles. The fraction of sp³-hybridized carbons (Fsp3) is 0.545. The first-order valence-corrected chi connectivity index (χ1v) is 6.28. The van der Waals surface area contributed by atoms with Gasteiger partial charge in [-0.1, -0.05) is 19.8 Å². The van der Waals surface area contributed by atoms with Gasteiger partial charge in [0, 0.05) is 6.42 Å². The molecule has 0 atom stereocenters. The van der Waals surface area contributed by atoms with E-state index in [0.717, 1.165) is 19.3 Å². The second kappa shape index (κ2) is 7.22. The van der Waals surface area contributed by atoms with E-state index in [2.05, 4.69) is 15.3 Å². The lowest BCUT2D eigenvalue weighted by molar-refractivity contribution is -0.383. The zero-order valence-electron chi connectivity index (χ0n) is 11.3. The number of aromatic nitrogens is 2. The number of unbranched alkanes of at least 4 members (excludes halogenated alkanes) is 2. The van der Waals surface area contributed by atoms with E-state index in [9.17, 15) is 14.9 Å². The molecule has 0 spiro atoms. The van der Waals surface area contributed by atoms with Gasteiger partial charge < -0.3 is 16.8 Å². The van der Waals surface area contributed by atoms with E-state index >= 15 is 0 Å². The van der Waals surface area contributed by atoms with Crippen LogP contribution in [-0.4, -0.2) is 27.2 Å². The first kappa shape index (κ1) is 15.6. The van der Waals surface area contributed by atoms with E-state index in [-0.39, 0.29) is 29.9 Å². The summed E-state index contributed by atoms with van der Waals surface area (Å²) in [6, 6.07) is 0. The Balaban J connectivity index is 2.72. The van der Waals surface area contributed by atoms with E-state index in [1.54, 1.807) is 0 Å². The van der Waals surface area contributed by atoms with Crippen molar-refractivity contribution >= 4 is 29.1 Å². The Hall–Kier alpha value is -2.45. The summed E-state index contributed by atoms with van der Waals surface area (Å²) in [4.78, 5) is 29.0. The molecule has 1 heterocycles. The highest BCUT2D eigenvalue weighted by atomic mass is 16.6. The zero-order chi connectivity index (χ0) is 15.1. The van der Waals surface area contributed by atoms with Crippen molar-refractivity contribution in [3.8, 4) is 0 Å². The summed E-state index contributed by atoms with van der Waals surface area (Å²) in [5.74, 6) is -0.704. The van der Waals surface area contributed by atoms with E-state index in [1.807, 2.05) is 6.92 Å². The Morgan fingerprint density at radius 2 is 2.05 bits per heavy atom. The normalized spacial score (nSPS) is 10.2. The van der Waals surface area contributed by atoms with Crippen LogP contribution in [-0.2, 0) is 4.79 Å². The quantitative estimate of drug-likeness (QED) is 0.364. The third-order valence-electron chi connectivity index (χ3n) is 2.62. The molecule has 0 aromatic carbocycles. The van der Waals surface area contributed by atoms with E-state index in [0.29, 0.717) is 6.42 Å². The number of rotatable bonds is 8. The van der Waals surface area contributed by atoms with Crippen molar-refractivity contribution in [2.45, 2.75) is 32.6 Å². The Kier molecular flexibility index (Phi) is 5.63. The molecule has 0 radical (unpaired) electrons. The molecule has 0 saturated heterocycles. The second-order valence-electron chi connectivity index (χ2n) is 4.27. The van der Waals surface area contributed by atoms with Crippen molar-refractivity contribution in [1.82, 2.24) is 9.97 Å². The summed E-state index contributed by atoms with van der Waals surface area (Å²) < 4.78 is 0. The van der Waals surface area contributed by atoms with Gasteiger partial charge in [-0.15, -0.1) is 0 Å². The molecular formula is C11H18N6O3. The van der Waals surface area contributed by atoms with Crippen molar-refractivity contribution in [3.05, 3.63) is 10.1 Å². The summed E-state index contributed by atoms with van der Waals surface area (Å²) in [6.07, 6.45) is 3.21. The molecule has 0 aliphatic carbocycles. The minimum absolute atomic E-state index is 0.0523. The summed E-state index contributed by atoms with van der Waals surface area (Å²) in [6.45, 7) is 1.99. The van der Waals surface area contributed by atoms with Gasteiger partial charge in [-0.2, -0.15) is 9.97 Å².